The number of nitrogens with zero attached hydrogens (tertiary/aromatic N) is 1. The van der Waals surface area contributed by atoms with Crippen LogP contribution in [0, 0.1) is 0 Å². The van der Waals surface area contributed by atoms with E-state index in [1.807, 2.05) is 25.9 Å². The molecule has 0 saturated carbocycles. The summed E-state index contributed by atoms with van der Waals surface area (Å²) in [6.45, 7) is 2.81. The quantitative estimate of drug-likeness (QED) is 0.558. The monoisotopic (exact) mass is 210 g/mol. The van der Waals surface area contributed by atoms with Gasteiger partial charge >= 0.3 is 0 Å². The van der Waals surface area contributed by atoms with Gasteiger partial charge in [-0.15, -0.1) is 0 Å². The third-order valence-corrected chi connectivity index (χ3v) is 1.95. The van der Waals surface area contributed by atoms with Crippen molar-refractivity contribution in [2.45, 2.75) is 39.1 Å². The van der Waals surface area contributed by atoms with Crippen molar-refractivity contribution in [3.8, 4) is 0 Å². The minimum Gasteiger partial charge on any atom is -1.00 e. The Morgan fingerprint density at radius 2 is 2.00 bits per heavy atom. The third-order valence-electron chi connectivity index (χ3n) is 1.95. The maximum Gasteiger partial charge on any atom is 0.0964 e. The van der Waals surface area contributed by atoms with Crippen molar-refractivity contribution in [3.63, 3.8) is 0 Å². The molecule has 1 N–H and O–H groups in total. The molecule has 13 heavy (non-hydrogen) atoms. The molecule has 3 unspecified atom stereocenters. The van der Waals surface area contributed by atoms with Crippen LogP contribution in [-0.4, -0.2) is 49.0 Å². The van der Waals surface area contributed by atoms with Crippen LogP contribution in [0.5, 0.6) is 0 Å². The fourth-order valence-electron chi connectivity index (χ4n) is 1.46. The number of ether oxygens (including phenoxy) is 1. The number of likely N-dealkylation sites (N-methyl/N-ethyl adjacent to an activating group) is 1. The fraction of sp³-hybridized carbons (Fsp3) is 1.00. The van der Waals surface area contributed by atoms with E-state index in [9.17, 15) is 5.11 Å². The van der Waals surface area contributed by atoms with Crippen LogP contribution in [0.25, 0.3) is 0 Å². The predicted octanol–water partition coefficient (Wildman–Crippen LogP) is -2.27. The van der Waals surface area contributed by atoms with Crippen LogP contribution in [0.2, 0.25) is 0 Å². The molecular weight excluding hydrogens is 190 g/mol. The van der Waals surface area contributed by atoms with Crippen molar-refractivity contribution in [2.75, 3.05) is 20.6 Å². The van der Waals surface area contributed by atoms with E-state index < -0.39 is 0 Å². The summed E-state index contributed by atoms with van der Waals surface area (Å²) in [5, 5.41) is 9.46. The summed E-state index contributed by atoms with van der Waals surface area (Å²) in [6.07, 6.45) is 0.737. The third kappa shape index (κ3) is 4.81. The molecule has 0 aromatic carbocycles. The van der Waals surface area contributed by atoms with Crippen molar-refractivity contribution in [1.82, 2.24) is 4.90 Å². The van der Waals surface area contributed by atoms with Gasteiger partial charge in [-0.25, -0.2) is 0 Å². The van der Waals surface area contributed by atoms with Crippen LogP contribution in [0.15, 0.2) is 0 Å². The molecule has 4 heteroatoms. The van der Waals surface area contributed by atoms with Crippen LogP contribution in [0.1, 0.15) is 20.8 Å². The highest BCUT2D eigenvalue weighted by atomic mass is 35.5. The van der Waals surface area contributed by atoms with Crippen molar-refractivity contribution in [2.24, 2.45) is 0 Å². The molecule has 3 nitrogen and oxygen atoms in total. The van der Waals surface area contributed by atoms with Gasteiger partial charge in [0.15, 0.2) is 0 Å². The second kappa shape index (κ2) is 6.60. The van der Waals surface area contributed by atoms with E-state index in [1.54, 1.807) is 0 Å². The van der Waals surface area contributed by atoms with Gasteiger partial charge in [-0.1, -0.05) is 7.43 Å². The first-order valence-corrected chi connectivity index (χ1v) is 4.08. The average molecular weight is 211 g/mol. The Hall–Kier alpha value is 0.170. The molecular formula is C9H21ClNO2-. The summed E-state index contributed by atoms with van der Waals surface area (Å²) < 4.78 is 5.49. The number of hydrogen-bond donors (Lipinski definition) is 1. The van der Waals surface area contributed by atoms with Gasteiger partial charge in [-0.05, 0) is 21.0 Å². The molecule has 1 saturated heterocycles. The molecule has 0 aromatic rings. The van der Waals surface area contributed by atoms with Gasteiger partial charge in [0, 0.05) is 13.0 Å². The van der Waals surface area contributed by atoms with Gasteiger partial charge in [0.25, 0.3) is 0 Å². The first-order valence-electron chi connectivity index (χ1n) is 4.08. The van der Waals surface area contributed by atoms with Crippen LogP contribution in [0.3, 0.4) is 0 Å². The lowest BCUT2D eigenvalue weighted by Crippen LogP contribution is -3.00. The highest BCUT2D eigenvalue weighted by Crippen LogP contribution is 2.19. The van der Waals surface area contributed by atoms with Crippen molar-refractivity contribution in [1.29, 1.82) is 0 Å². The maximum absolute atomic E-state index is 9.46. The molecule has 0 bridgehead atoms. The summed E-state index contributed by atoms with van der Waals surface area (Å²) >= 11 is 0. The smallest absolute Gasteiger partial charge is 0.0964 e. The fourth-order valence-corrected chi connectivity index (χ4v) is 1.46. The number of aliphatic hydroxyl groups is 1. The summed E-state index contributed by atoms with van der Waals surface area (Å²) in [4.78, 5) is 2.03. The Morgan fingerprint density at radius 3 is 2.31 bits per heavy atom. The largest absolute Gasteiger partial charge is 1.00 e. The average Bonchev–Trinajstić information content (AvgIpc) is 2.09. The van der Waals surface area contributed by atoms with Gasteiger partial charge in [0.1, 0.15) is 0 Å². The highest BCUT2D eigenvalue weighted by Gasteiger charge is 2.31. The van der Waals surface area contributed by atoms with Crippen molar-refractivity contribution < 1.29 is 22.3 Å². The summed E-state index contributed by atoms with van der Waals surface area (Å²) in [6, 6.07) is 0. The lowest BCUT2D eigenvalue weighted by Gasteiger charge is -2.18. The molecule has 1 fully saturated rings. The molecule has 3 atom stereocenters. The van der Waals surface area contributed by atoms with Crippen LogP contribution < -0.4 is 12.4 Å². The van der Waals surface area contributed by atoms with E-state index in [-0.39, 0.29) is 38.1 Å². The van der Waals surface area contributed by atoms with Crippen LogP contribution in [0.4, 0.5) is 0 Å². The standard InChI is InChI=1S/C8H17NO2.CH4.ClH/c1-6-4-7(10)8(11-6)5-9(2)3;;/h6-8,10H,4-5H2,1-3H3;1H4;1H/p-1. The Labute approximate surface area is 87.5 Å². The molecule has 0 spiro atoms. The summed E-state index contributed by atoms with van der Waals surface area (Å²) in [5.41, 5.74) is 0. The zero-order chi connectivity index (χ0) is 8.43. The predicted molar refractivity (Wildman–Crippen MR) is 50.2 cm³/mol. The maximum atomic E-state index is 9.46. The Bertz CT molecular complexity index is 133. The second-order valence-corrected chi connectivity index (χ2v) is 3.55. The zero-order valence-electron chi connectivity index (χ0n) is 7.83. The van der Waals surface area contributed by atoms with Gasteiger partial charge in [0.05, 0.1) is 18.3 Å². The van der Waals surface area contributed by atoms with E-state index in [2.05, 4.69) is 0 Å². The number of rotatable bonds is 2. The lowest BCUT2D eigenvalue weighted by molar-refractivity contribution is -0.0000175. The van der Waals surface area contributed by atoms with Crippen molar-refractivity contribution >= 4 is 0 Å². The van der Waals surface area contributed by atoms with Crippen LogP contribution in [-0.2, 0) is 4.74 Å². The SMILES string of the molecule is C.CC1CC(O)C(CN(C)C)O1.[Cl-]. The summed E-state index contributed by atoms with van der Waals surface area (Å²) in [5.74, 6) is 0. The summed E-state index contributed by atoms with van der Waals surface area (Å²) in [7, 11) is 3.97. The molecule has 0 aromatic heterocycles. The molecule has 1 aliphatic rings. The van der Waals surface area contributed by atoms with Gasteiger partial charge in [-0.2, -0.15) is 0 Å². The highest BCUT2D eigenvalue weighted by molar-refractivity contribution is 4.81. The Morgan fingerprint density at radius 1 is 1.46 bits per heavy atom. The van der Waals surface area contributed by atoms with E-state index in [0.717, 1.165) is 13.0 Å². The van der Waals surface area contributed by atoms with Crippen molar-refractivity contribution in [3.05, 3.63) is 0 Å². The van der Waals surface area contributed by atoms with Gasteiger partial charge < -0.3 is 27.2 Å². The first-order chi connectivity index (χ1) is 5.09. The number of aliphatic hydroxyl groups excluding tert-OH is 1. The molecule has 0 radical (unpaired) electrons. The topological polar surface area (TPSA) is 32.7 Å². The minimum absolute atomic E-state index is 0. The zero-order valence-corrected chi connectivity index (χ0v) is 8.58. The first kappa shape index (κ1) is 15.6. The molecule has 0 aliphatic carbocycles. The molecule has 82 valence electrons. The number of hydrogen-bond acceptors (Lipinski definition) is 3. The second-order valence-electron chi connectivity index (χ2n) is 3.55. The molecule has 1 heterocycles. The van der Waals surface area contributed by atoms with E-state index >= 15 is 0 Å². The normalized spacial score (nSPS) is 32.5. The Balaban J connectivity index is 0. The molecule has 1 rings (SSSR count). The Kier molecular flexibility index (Phi) is 7.93. The molecule has 0 amide bonds. The van der Waals surface area contributed by atoms with E-state index in [0.29, 0.717) is 0 Å². The lowest BCUT2D eigenvalue weighted by atomic mass is 10.1. The minimum atomic E-state index is -0.271. The van der Waals surface area contributed by atoms with Gasteiger partial charge in [-0.3, -0.25) is 0 Å². The number of halogens is 1. The van der Waals surface area contributed by atoms with Gasteiger partial charge in [0.2, 0.25) is 0 Å². The van der Waals surface area contributed by atoms with Crippen LogP contribution >= 0.6 is 0 Å². The van der Waals surface area contributed by atoms with E-state index in [4.69, 9.17) is 4.74 Å². The molecule has 1 aliphatic heterocycles. The van der Waals surface area contributed by atoms with E-state index in [1.165, 1.54) is 0 Å².